The molecule has 4 heteroatoms. The highest BCUT2D eigenvalue weighted by molar-refractivity contribution is 5.34. The van der Waals surface area contributed by atoms with Crippen molar-refractivity contribution in [1.82, 2.24) is 9.97 Å². The van der Waals surface area contributed by atoms with Crippen LogP contribution < -0.4 is 4.90 Å². The van der Waals surface area contributed by atoms with Gasteiger partial charge in [0, 0.05) is 25.0 Å². The van der Waals surface area contributed by atoms with Crippen molar-refractivity contribution in [3.63, 3.8) is 0 Å². The summed E-state index contributed by atoms with van der Waals surface area (Å²) >= 11 is 0. The van der Waals surface area contributed by atoms with Crippen LogP contribution in [0.25, 0.3) is 0 Å². The molecule has 104 valence electrons. The summed E-state index contributed by atoms with van der Waals surface area (Å²) in [7, 11) is 0. The quantitative estimate of drug-likeness (QED) is 0.837. The van der Waals surface area contributed by atoms with Crippen LogP contribution in [0, 0.1) is 0 Å². The molecule has 1 saturated heterocycles. The number of hydrogen-bond donors (Lipinski definition) is 0. The number of hydrogen-bond acceptors (Lipinski definition) is 4. The molecule has 0 spiro atoms. The zero-order chi connectivity index (χ0) is 13.1. The number of fused-ring (bicyclic) bond motifs is 1. The number of morpholine rings is 1. The molecule has 0 aromatic carbocycles. The van der Waals surface area contributed by atoms with E-state index in [-0.39, 0.29) is 0 Å². The van der Waals surface area contributed by atoms with Gasteiger partial charge >= 0.3 is 0 Å². The Morgan fingerprint density at radius 1 is 1.37 bits per heavy atom. The summed E-state index contributed by atoms with van der Waals surface area (Å²) in [6, 6.07) is 0. The minimum absolute atomic E-state index is 0.346. The van der Waals surface area contributed by atoms with Crippen LogP contribution in [-0.2, 0) is 17.6 Å². The smallest absolute Gasteiger partial charge is 0.225 e. The molecule has 3 rings (SSSR count). The Bertz CT molecular complexity index is 433. The Labute approximate surface area is 115 Å². The molecule has 0 N–H and O–H groups in total. The van der Waals surface area contributed by atoms with Gasteiger partial charge in [-0.25, -0.2) is 9.97 Å². The first-order valence-corrected chi connectivity index (χ1v) is 7.58. The van der Waals surface area contributed by atoms with E-state index in [1.807, 2.05) is 6.20 Å². The van der Waals surface area contributed by atoms with Crippen molar-refractivity contribution in [2.45, 2.75) is 51.6 Å². The van der Waals surface area contributed by atoms with Crippen molar-refractivity contribution < 1.29 is 4.74 Å². The van der Waals surface area contributed by atoms with Gasteiger partial charge in [-0.1, -0.05) is 13.3 Å². The molecule has 1 aliphatic carbocycles. The lowest BCUT2D eigenvalue weighted by Gasteiger charge is -2.33. The summed E-state index contributed by atoms with van der Waals surface area (Å²) in [6.07, 6.45) is 9.51. The Hall–Kier alpha value is -1.16. The van der Waals surface area contributed by atoms with Crippen molar-refractivity contribution in [3.8, 4) is 0 Å². The number of ether oxygens (including phenoxy) is 1. The van der Waals surface area contributed by atoms with Crippen molar-refractivity contribution in [2.24, 2.45) is 0 Å². The average molecular weight is 261 g/mol. The van der Waals surface area contributed by atoms with Crippen LogP contribution in [-0.4, -0.2) is 35.8 Å². The van der Waals surface area contributed by atoms with Crippen molar-refractivity contribution in [2.75, 3.05) is 24.6 Å². The van der Waals surface area contributed by atoms with Gasteiger partial charge in [0.15, 0.2) is 0 Å². The number of aryl methyl sites for hydroxylation is 2. The van der Waals surface area contributed by atoms with Gasteiger partial charge in [-0.2, -0.15) is 0 Å². The largest absolute Gasteiger partial charge is 0.375 e. The average Bonchev–Trinajstić information content (AvgIpc) is 2.47. The summed E-state index contributed by atoms with van der Waals surface area (Å²) in [5, 5.41) is 0. The first-order chi connectivity index (χ1) is 9.36. The topological polar surface area (TPSA) is 38.2 Å². The van der Waals surface area contributed by atoms with Gasteiger partial charge in [-0.05, 0) is 37.7 Å². The molecule has 2 aliphatic rings. The number of aromatic nitrogens is 2. The monoisotopic (exact) mass is 261 g/mol. The van der Waals surface area contributed by atoms with E-state index in [4.69, 9.17) is 9.72 Å². The number of nitrogens with zero attached hydrogens (tertiary/aromatic N) is 3. The van der Waals surface area contributed by atoms with E-state index in [0.717, 1.165) is 44.9 Å². The van der Waals surface area contributed by atoms with Crippen LogP contribution in [0.4, 0.5) is 5.95 Å². The van der Waals surface area contributed by atoms with E-state index in [9.17, 15) is 0 Å². The van der Waals surface area contributed by atoms with E-state index in [1.165, 1.54) is 30.5 Å². The molecule has 4 nitrogen and oxygen atoms in total. The summed E-state index contributed by atoms with van der Waals surface area (Å²) in [5.74, 6) is 0.907. The predicted molar refractivity (Wildman–Crippen MR) is 75.5 cm³/mol. The van der Waals surface area contributed by atoms with Crippen LogP contribution in [0.2, 0.25) is 0 Å². The molecule has 19 heavy (non-hydrogen) atoms. The normalized spacial score (nSPS) is 23.2. The zero-order valence-corrected chi connectivity index (χ0v) is 11.8. The summed E-state index contributed by atoms with van der Waals surface area (Å²) < 4.78 is 5.79. The fourth-order valence-corrected chi connectivity index (χ4v) is 3.01. The van der Waals surface area contributed by atoms with Gasteiger partial charge in [0.05, 0.1) is 12.7 Å². The van der Waals surface area contributed by atoms with Crippen molar-refractivity contribution in [1.29, 1.82) is 0 Å². The Morgan fingerprint density at radius 3 is 3.16 bits per heavy atom. The van der Waals surface area contributed by atoms with Crippen LogP contribution in [0.15, 0.2) is 6.20 Å². The molecule has 1 aliphatic heterocycles. The minimum atomic E-state index is 0.346. The Kier molecular flexibility index (Phi) is 3.97. The molecule has 2 heterocycles. The molecule has 0 radical (unpaired) electrons. The van der Waals surface area contributed by atoms with Gasteiger partial charge in [0.25, 0.3) is 0 Å². The molecule has 0 saturated carbocycles. The van der Waals surface area contributed by atoms with Gasteiger partial charge in [-0.15, -0.1) is 0 Å². The SMILES string of the molecule is CCCC1CN(c2ncc3c(n2)CCCC3)CCO1. The van der Waals surface area contributed by atoms with Gasteiger partial charge < -0.3 is 9.64 Å². The molecule has 1 aromatic heterocycles. The summed E-state index contributed by atoms with van der Waals surface area (Å²) in [5.41, 5.74) is 2.63. The third-order valence-electron chi connectivity index (χ3n) is 4.08. The molecule has 1 aromatic rings. The lowest BCUT2D eigenvalue weighted by atomic mass is 9.98. The number of rotatable bonds is 3. The van der Waals surface area contributed by atoms with E-state index < -0.39 is 0 Å². The third-order valence-corrected chi connectivity index (χ3v) is 4.08. The van der Waals surface area contributed by atoms with Crippen LogP contribution in [0.3, 0.4) is 0 Å². The second-order valence-corrected chi connectivity index (χ2v) is 5.58. The second-order valence-electron chi connectivity index (χ2n) is 5.58. The van der Waals surface area contributed by atoms with Crippen LogP contribution in [0.5, 0.6) is 0 Å². The molecular weight excluding hydrogens is 238 g/mol. The van der Waals surface area contributed by atoms with E-state index >= 15 is 0 Å². The Morgan fingerprint density at radius 2 is 2.26 bits per heavy atom. The lowest BCUT2D eigenvalue weighted by molar-refractivity contribution is 0.0343. The van der Waals surface area contributed by atoms with Gasteiger partial charge in [0.1, 0.15) is 0 Å². The maximum absolute atomic E-state index is 5.79. The maximum atomic E-state index is 5.79. The van der Waals surface area contributed by atoms with Crippen LogP contribution in [0.1, 0.15) is 43.9 Å². The molecule has 1 unspecified atom stereocenters. The third kappa shape index (κ3) is 2.89. The zero-order valence-electron chi connectivity index (χ0n) is 11.8. The molecular formula is C15H23N3O. The predicted octanol–water partition coefficient (Wildman–Crippen LogP) is 2.36. The standard InChI is InChI=1S/C15H23N3O/c1-2-5-13-11-18(8-9-19-13)15-16-10-12-6-3-4-7-14(12)17-15/h10,13H,2-9,11H2,1H3. The molecule has 0 bridgehead atoms. The van der Waals surface area contributed by atoms with E-state index in [1.54, 1.807) is 0 Å². The highest BCUT2D eigenvalue weighted by atomic mass is 16.5. The molecule has 1 fully saturated rings. The van der Waals surface area contributed by atoms with E-state index in [2.05, 4.69) is 16.8 Å². The summed E-state index contributed by atoms with van der Waals surface area (Å²) in [6.45, 7) is 4.86. The maximum Gasteiger partial charge on any atom is 0.225 e. The van der Waals surface area contributed by atoms with Gasteiger partial charge in [-0.3, -0.25) is 0 Å². The second kappa shape index (κ2) is 5.87. The van der Waals surface area contributed by atoms with Crippen molar-refractivity contribution in [3.05, 3.63) is 17.5 Å². The first kappa shape index (κ1) is 12.9. The fraction of sp³-hybridized carbons (Fsp3) is 0.733. The Balaban J connectivity index is 1.74. The lowest BCUT2D eigenvalue weighted by Crippen LogP contribution is -2.43. The first-order valence-electron chi connectivity index (χ1n) is 7.58. The number of anilines is 1. The highest BCUT2D eigenvalue weighted by Gasteiger charge is 2.22. The van der Waals surface area contributed by atoms with Crippen molar-refractivity contribution >= 4 is 5.95 Å². The van der Waals surface area contributed by atoms with E-state index in [0.29, 0.717) is 6.10 Å². The highest BCUT2D eigenvalue weighted by Crippen LogP contribution is 2.22. The van der Waals surface area contributed by atoms with Crippen LogP contribution >= 0.6 is 0 Å². The molecule has 0 amide bonds. The fourth-order valence-electron chi connectivity index (χ4n) is 3.01. The minimum Gasteiger partial charge on any atom is -0.375 e. The van der Waals surface area contributed by atoms with Gasteiger partial charge in [0.2, 0.25) is 5.95 Å². The summed E-state index contributed by atoms with van der Waals surface area (Å²) in [4.78, 5) is 11.7. The molecule has 1 atom stereocenters.